The van der Waals surface area contributed by atoms with E-state index in [2.05, 4.69) is 288 Å². The molecule has 12 rings (SSSR count). The molecule has 2 fully saturated rings. The summed E-state index contributed by atoms with van der Waals surface area (Å²) in [4.78, 5) is 43.7. The fourth-order valence-corrected chi connectivity index (χ4v) is 13.0. The molecule has 0 saturated carbocycles. The number of piperazine rings is 2. The highest BCUT2D eigenvalue weighted by Crippen LogP contribution is 2.41. The predicted octanol–water partition coefficient (Wildman–Crippen LogP) is 13.4. The number of ketones is 1. The van der Waals surface area contributed by atoms with Gasteiger partial charge in [-0.15, -0.1) is 0 Å². The number of hydrogen-bond donors (Lipinski definition) is 0. The van der Waals surface area contributed by atoms with Crippen molar-refractivity contribution < 1.29 is 4.79 Å². The van der Waals surface area contributed by atoms with Gasteiger partial charge in [0.05, 0.1) is 46.6 Å². The number of rotatable bonds is 20. The number of benzene rings is 8. The Balaban J connectivity index is 1.04. The zero-order valence-corrected chi connectivity index (χ0v) is 49.2. The van der Waals surface area contributed by atoms with Gasteiger partial charge in [-0.2, -0.15) is 0 Å². The standard InChI is InChI=1S/C75H78N8O/c1-55-35-37-67-63(47-55)49-65(71(76-67)59-27-15-7-16-28-59)73(61-31-19-9-20-32-61)82(51-57-23-11-5-12-24-57)53-69(80-43-39-78(3)40-44-80)75(84)70(81-45-41-79(4)42-46-81)54-83(52-58-25-13-6-14-26-58)74(62-33-21-10-22-34-62)66-50-64-48-56(2)36-38-68(64)77-72(66)60-29-17-8-18-30-60/h5-38,47-50,69-70,73-74H,39-46,51-54H2,1-4H3. The summed E-state index contributed by atoms with van der Waals surface area (Å²) in [7, 11) is 4.43. The van der Waals surface area contributed by atoms with Crippen molar-refractivity contribution in [3.63, 3.8) is 0 Å². The molecule has 9 nitrogen and oxygen atoms in total. The molecule has 2 aromatic heterocycles. The van der Waals surface area contributed by atoms with Crippen molar-refractivity contribution in [1.82, 2.24) is 39.4 Å². The van der Waals surface area contributed by atoms with E-state index < -0.39 is 12.1 Å². The Morgan fingerprint density at radius 2 is 0.750 bits per heavy atom. The molecule has 0 spiro atoms. The van der Waals surface area contributed by atoms with Gasteiger partial charge in [0.2, 0.25) is 0 Å². The molecule has 10 aromatic rings. The number of hydrogen-bond acceptors (Lipinski definition) is 9. The second-order valence-corrected chi connectivity index (χ2v) is 23.5. The number of nitrogens with zero attached hydrogens (tertiary/aromatic N) is 8. The molecule has 9 heteroatoms. The number of fused-ring (bicyclic) bond motifs is 2. The van der Waals surface area contributed by atoms with Crippen LogP contribution in [0.3, 0.4) is 0 Å². The van der Waals surface area contributed by atoms with E-state index in [-0.39, 0.29) is 17.9 Å². The van der Waals surface area contributed by atoms with Crippen molar-refractivity contribution in [1.29, 1.82) is 0 Å². The van der Waals surface area contributed by atoms with Crippen molar-refractivity contribution >= 4 is 27.6 Å². The number of likely N-dealkylation sites (N-methyl/N-ethyl adjacent to an activating group) is 2. The topological polar surface area (TPSA) is 62.3 Å². The van der Waals surface area contributed by atoms with Gasteiger partial charge in [0.1, 0.15) is 0 Å². The molecule has 0 aliphatic carbocycles. The maximum atomic E-state index is 17.4. The van der Waals surface area contributed by atoms with Gasteiger partial charge in [-0.1, -0.05) is 205 Å². The van der Waals surface area contributed by atoms with Crippen molar-refractivity contribution in [2.75, 3.05) is 79.5 Å². The number of carbonyl (C=O) groups is 1. The van der Waals surface area contributed by atoms with Crippen LogP contribution < -0.4 is 0 Å². The molecule has 84 heavy (non-hydrogen) atoms. The van der Waals surface area contributed by atoms with Gasteiger partial charge in [-0.3, -0.25) is 24.4 Å². The third-order valence-corrected chi connectivity index (χ3v) is 17.5. The summed E-state index contributed by atoms with van der Waals surface area (Å²) in [5, 5.41) is 2.21. The molecule has 0 radical (unpaired) electrons. The number of Topliss-reactive ketones (excluding diaryl/α,β-unsaturated/α-hetero) is 1. The molecule has 4 unspecified atom stereocenters. The minimum Gasteiger partial charge on any atom is -0.304 e. The van der Waals surface area contributed by atoms with Gasteiger partial charge in [0.15, 0.2) is 5.78 Å². The maximum Gasteiger partial charge on any atom is 0.169 e. The second kappa shape index (κ2) is 26.3. The summed E-state index contributed by atoms with van der Waals surface area (Å²) in [6.45, 7) is 13.2. The quantitative estimate of drug-likeness (QED) is 0.0743. The Morgan fingerprint density at radius 1 is 0.417 bits per heavy atom. The van der Waals surface area contributed by atoms with Crippen LogP contribution in [-0.4, -0.2) is 137 Å². The Labute approximate surface area is 497 Å². The summed E-state index contributed by atoms with van der Waals surface area (Å²) in [6.07, 6.45) is 0. The van der Waals surface area contributed by atoms with Gasteiger partial charge in [-0.25, -0.2) is 9.97 Å². The van der Waals surface area contributed by atoms with E-state index in [1.165, 1.54) is 22.3 Å². The largest absolute Gasteiger partial charge is 0.304 e. The van der Waals surface area contributed by atoms with Gasteiger partial charge >= 0.3 is 0 Å². The number of carbonyl (C=O) groups excluding carboxylic acids is 1. The van der Waals surface area contributed by atoms with Crippen molar-refractivity contribution in [3.05, 3.63) is 275 Å². The molecule has 2 aliphatic rings. The zero-order valence-electron chi connectivity index (χ0n) is 49.2. The molecule has 0 bridgehead atoms. The molecule has 2 saturated heterocycles. The summed E-state index contributed by atoms with van der Waals surface area (Å²) in [6, 6.07) is 81.6. The van der Waals surface area contributed by atoms with Crippen LogP contribution >= 0.6 is 0 Å². The highest BCUT2D eigenvalue weighted by Gasteiger charge is 2.42. The first kappa shape index (κ1) is 56.5. The van der Waals surface area contributed by atoms with Gasteiger partial charge < -0.3 is 9.80 Å². The molecular weight excluding hydrogens is 1030 g/mol. The minimum absolute atomic E-state index is 0.268. The van der Waals surface area contributed by atoms with Crippen LogP contribution in [0.1, 0.15) is 56.6 Å². The highest BCUT2D eigenvalue weighted by atomic mass is 16.1. The average molecular weight is 1110 g/mol. The summed E-state index contributed by atoms with van der Waals surface area (Å²) >= 11 is 0. The number of aromatic nitrogens is 2. The molecule has 4 heterocycles. The van der Waals surface area contributed by atoms with Crippen molar-refractivity contribution in [2.45, 2.75) is 51.1 Å². The maximum absolute atomic E-state index is 17.4. The summed E-state index contributed by atoms with van der Waals surface area (Å²) < 4.78 is 0. The van der Waals surface area contributed by atoms with Crippen LogP contribution in [-0.2, 0) is 17.9 Å². The lowest BCUT2D eigenvalue weighted by atomic mass is 9.89. The van der Waals surface area contributed by atoms with E-state index in [1.54, 1.807) is 0 Å². The van der Waals surface area contributed by atoms with Gasteiger partial charge in [0, 0.05) is 112 Å². The third kappa shape index (κ3) is 13.0. The Kier molecular flexibility index (Phi) is 17.7. The summed E-state index contributed by atoms with van der Waals surface area (Å²) in [5.74, 6) is 0.268. The molecule has 4 atom stereocenters. The van der Waals surface area contributed by atoms with E-state index in [1.807, 2.05) is 0 Å². The first-order chi connectivity index (χ1) is 41.2. The second-order valence-electron chi connectivity index (χ2n) is 23.5. The van der Waals surface area contributed by atoms with E-state index in [0.717, 1.165) is 119 Å². The smallest absolute Gasteiger partial charge is 0.169 e. The van der Waals surface area contributed by atoms with Crippen LogP contribution in [0.4, 0.5) is 0 Å². The molecule has 0 N–H and O–H groups in total. The fourth-order valence-electron chi connectivity index (χ4n) is 13.0. The van der Waals surface area contributed by atoms with E-state index in [4.69, 9.17) is 9.97 Å². The molecule has 0 amide bonds. The SMILES string of the molecule is Cc1ccc2nc(-c3ccccc3)c(C(c3ccccc3)N(Cc3ccccc3)CC(C(=O)C(CN(Cc3ccccc3)C(c3ccccc3)c3cc4cc(C)ccc4nc3-c3ccccc3)N3CCN(C)CC3)N3CCN(C)CC3)cc2c1. The first-order valence-electron chi connectivity index (χ1n) is 30.2. The fraction of sp³-hybridized carbons (Fsp3) is 0.267. The van der Waals surface area contributed by atoms with Crippen LogP contribution in [0.5, 0.6) is 0 Å². The van der Waals surface area contributed by atoms with Crippen LogP contribution in [0.2, 0.25) is 0 Å². The minimum atomic E-state index is -0.465. The van der Waals surface area contributed by atoms with Crippen molar-refractivity contribution in [2.24, 2.45) is 0 Å². The lowest BCUT2D eigenvalue weighted by Crippen LogP contribution is -2.63. The lowest BCUT2D eigenvalue weighted by molar-refractivity contribution is -0.133. The van der Waals surface area contributed by atoms with Crippen molar-refractivity contribution in [3.8, 4) is 22.5 Å². The summed E-state index contributed by atoms with van der Waals surface area (Å²) in [5.41, 5.74) is 15.3. The van der Waals surface area contributed by atoms with Gasteiger partial charge in [-0.05, 0) is 86.6 Å². The van der Waals surface area contributed by atoms with Crippen LogP contribution in [0.15, 0.2) is 231 Å². The molecule has 424 valence electrons. The van der Waals surface area contributed by atoms with E-state index >= 15 is 4.79 Å². The average Bonchev–Trinajstić information content (AvgIpc) is 3.65. The van der Waals surface area contributed by atoms with Crippen LogP contribution in [0.25, 0.3) is 44.3 Å². The predicted molar refractivity (Wildman–Crippen MR) is 345 cm³/mol. The molecule has 2 aliphatic heterocycles. The van der Waals surface area contributed by atoms with Gasteiger partial charge in [0.25, 0.3) is 0 Å². The molecule has 8 aromatic carbocycles. The number of aryl methyl sites for hydroxylation is 2. The highest BCUT2D eigenvalue weighted by molar-refractivity contribution is 5.90. The monoisotopic (exact) mass is 1110 g/mol. The van der Waals surface area contributed by atoms with E-state index in [0.29, 0.717) is 26.2 Å². The Hall–Kier alpha value is -7.99. The molecular formula is C75H78N8O. The zero-order chi connectivity index (χ0) is 57.4. The number of pyridine rings is 2. The first-order valence-corrected chi connectivity index (χ1v) is 30.2. The lowest BCUT2D eigenvalue weighted by Gasteiger charge is -2.46. The Morgan fingerprint density at radius 3 is 1.11 bits per heavy atom. The van der Waals surface area contributed by atoms with E-state index in [9.17, 15) is 0 Å². The Bertz CT molecular complexity index is 3510. The third-order valence-electron chi connectivity index (χ3n) is 17.5. The normalized spacial score (nSPS) is 16.3. The van der Waals surface area contributed by atoms with Crippen LogP contribution in [0, 0.1) is 13.8 Å².